The number of rotatable bonds is 3. The van der Waals surface area contributed by atoms with E-state index < -0.39 is 0 Å². The van der Waals surface area contributed by atoms with Crippen molar-refractivity contribution in [3.05, 3.63) is 51.2 Å². The molecule has 0 unspecified atom stereocenters. The summed E-state index contributed by atoms with van der Waals surface area (Å²) < 4.78 is 0. The smallest absolute Gasteiger partial charge is 0.265 e. The van der Waals surface area contributed by atoms with Crippen LogP contribution in [0.2, 0.25) is 0 Å². The lowest BCUT2D eigenvalue weighted by Crippen LogP contribution is -2.21. The van der Waals surface area contributed by atoms with Crippen molar-refractivity contribution in [2.75, 3.05) is 19.4 Å². The third-order valence-electron chi connectivity index (χ3n) is 4.52. The van der Waals surface area contributed by atoms with Gasteiger partial charge in [0.25, 0.3) is 11.8 Å². The molecule has 1 aliphatic rings. The Morgan fingerprint density at radius 3 is 2.36 bits per heavy atom. The Kier molecular flexibility index (Phi) is 5.53. The molecule has 4 nitrogen and oxygen atoms in total. The summed E-state index contributed by atoms with van der Waals surface area (Å²) in [4.78, 5) is 28.1. The second-order valence-electron chi connectivity index (χ2n) is 6.70. The highest BCUT2D eigenvalue weighted by atomic mass is 32.1. The number of nitrogens with zero attached hydrogens (tertiary/aromatic N) is 1. The van der Waals surface area contributed by atoms with Crippen LogP contribution in [0.15, 0.2) is 30.3 Å². The van der Waals surface area contributed by atoms with Crippen molar-refractivity contribution in [1.82, 2.24) is 4.90 Å². The molecule has 2 amide bonds. The van der Waals surface area contributed by atoms with E-state index >= 15 is 0 Å². The van der Waals surface area contributed by atoms with Gasteiger partial charge in [0.05, 0.1) is 4.88 Å². The van der Waals surface area contributed by atoms with E-state index in [0.717, 1.165) is 17.7 Å². The molecule has 132 valence electrons. The van der Waals surface area contributed by atoms with Crippen molar-refractivity contribution in [2.24, 2.45) is 0 Å². The molecule has 1 aliphatic carbocycles. The zero-order valence-electron chi connectivity index (χ0n) is 14.8. The normalized spacial score (nSPS) is 14.2. The minimum atomic E-state index is -0.0663. The number of hydrogen-bond acceptors (Lipinski definition) is 3. The van der Waals surface area contributed by atoms with E-state index in [-0.39, 0.29) is 11.8 Å². The Hall–Kier alpha value is -2.14. The van der Waals surface area contributed by atoms with Crippen molar-refractivity contribution in [3.8, 4) is 0 Å². The van der Waals surface area contributed by atoms with Crippen molar-refractivity contribution in [1.29, 1.82) is 0 Å². The Bertz CT molecular complexity index is 737. The van der Waals surface area contributed by atoms with Crippen LogP contribution in [0.5, 0.6) is 0 Å². The molecule has 0 atom stereocenters. The van der Waals surface area contributed by atoms with E-state index in [1.54, 1.807) is 49.7 Å². The second kappa shape index (κ2) is 7.83. The fraction of sp³-hybridized carbons (Fsp3) is 0.400. The van der Waals surface area contributed by atoms with Gasteiger partial charge in [0, 0.05) is 30.2 Å². The van der Waals surface area contributed by atoms with Crippen LogP contribution in [0.3, 0.4) is 0 Å². The molecule has 1 aromatic heterocycles. The number of anilines is 1. The van der Waals surface area contributed by atoms with Gasteiger partial charge in [-0.15, -0.1) is 11.3 Å². The largest absolute Gasteiger partial charge is 0.345 e. The van der Waals surface area contributed by atoms with E-state index in [2.05, 4.69) is 11.4 Å². The third kappa shape index (κ3) is 4.28. The maximum Gasteiger partial charge on any atom is 0.265 e. The standard InChI is InChI=1S/C20H24N2O2S/c1-22(2)20(24)14-9-11-16(12-10-14)21-19(23)18-13-15-7-5-3-4-6-8-17(15)25-18/h9-13H,3-8H2,1-2H3,(H,21,23). The number of fused-ring (bicyclic) bond motifs is 1. The predicted octanol–water partition coefficient (Wildman–Crippen LogP) is 4.36. The predicted molar refractivity (Wildman–Crippen MR) is 103 cm³/mol. The number of carbonyl (C=O) groups is 2. The monoisotopic (exact) mass is 356 g/mol. The summed E-state index contributed by atoms with van der Waals surface area (Å²) in [5.41, 5.74) is 2.67. The molecule has 25 heavy (non-hydrogen) atoms. The number of amides is 2. The number of nitrogens with one attached hydrogen (secondary N) is 1. The summed E-state index contributed by atoms with van der Waals surface area (Å²) >= 11 is 1.62. The highest BCUT2D eigenvalue weighted by Gasteiger charge is 2.16. The third-order valence-corrected chi connectivity index (χ3v) is 5.75. The van der Waals surface area contributed by atoms with Gasteiger partial charge in [-0.3, -0.25) is 9.59 Å². The average molecular weight is 356 g/mol. The first kappa shape index (κ1) is 17.7. The summed E-state index contributed by atoms with van der Waals surface area (Å²) in [6.45, 7) is 0. The summed E-state index contributed by atoms with van der Waals surface area (Å²) in [6, 6.07) is 9.10. The first-order chi connectivity index (χ1) is 12.0. The highest BCUT2D eigenvalue weighted by Crippen LogP contribution is 2.29. The van der Waals surface area contributed by atoms with Gasteiger partial charge in [-0.1, -0.05) is 12.8 Å². The van der Waals surface area contributed by atoms with Crippen LogP contribution < -0.4 is 5.32 Å². The Labute approximate surface area is 152 Å². The molecule has 3 rings (SSSR count). The molecule has 5 heteroatoms. The lowest BCUT2D eigenvalue weighted by Gasteiger charge is -2.10. The van der Waals surface area contributed by atoms with Crippen molar-refractivity contribution in [2.45, 2.75) is 38.5 Å². The number of hydrogen-bond donors (Lipinski definition) is 1. The number of aryl methyl sites for hydroxylation is 2. The molecule has 0 aliphatic heterocycles. The zero-order valence-corrected chi connectivity index (χ0v) is 15.6. The fourth-order valence-corrected chi connectivity index (χ4v) is 4.25. The van der Waals surface area contributed by atoms with E-state index in [4.69, 9.17) is 0 Å². The van der Waals surface area contributed by atoms with Gasteiger partial charge >= 0.3 is 0 Å². The van der Waals surface area contributed by atoms with Crippen LogP contribution >= 0.6 is 11.3 Å². The average Bonchev–Trinajstić information content (AvgIpc) is 2.97. The summed E-state index contributed by atoms with van der Waals surface area (Å²) in [7, 11) is 3.45. The fourth-order valence-electron chi connectivity index (χ4n) is 3.10. The lowest BCUT2D eigenvalue weighted by molar-refractivity contribution is 0.0827. The molecular weight excluding hydrogens is 332 g/mol. The summed E-state index contributed by atoms with van der Waals surface area (Å²) in [5, 5.41) is 2.94. The molecule has 0 saturated carbocycles. The van der Waals surface area contributed by atoms with Gasteiger partial charge in [-0.2, -0.15) is 0 Å². The zero-order chi connectivity index (χ0) is 17.8. The Morgan fingerprint density at radius 1 is 1.00 bits per heavy atom. The first-order valence-electron chi connectivity index (χ1n) is 8.79. The molecule has 0 saturated heterocycles. The topological polar surface area (TPSA) is 49.4 Å². The quantitative estimate of drug-likeness (QED) is 0.888. The maximum atomic E-state index is 12.6. The van der Waals surface area contributed by atoms with E-state index in [1.807, 2.05) is 0 Å². The van der Waals surface area contributed by atoms with Gasteiger partial charge in [0.15, 0.2) is 0 Å². The van der Waals surface area contributed by atoms with Gasteiger partial charge in [0.1, 0.15) is 0 Å². The van der Waals surface area contributed by atoms with E-state index in [1.165, 1.54) is 41.0 Å². The van der Waals surface area contributed by atoms with Crippen LogP contribution in [-0.4, -0.2) is 30.8 Å². The van der Waals surface area contributed by atoms with Crippen LogP contribution in [0, 0.1) is 0 Å². The molecule has 0 fully saturated rings. The van der Waals surface area contributed by atoms with Crippen LogP contribution in [0.4, 0.5) is 5.69 Å². The summed E-state index contributed by atoms with van der Waals surface area (Å²) in [6.07, 6.45) is 7.18. The minimum absolute atomic E-state index is 0.0454. The number of carbonyl (C=O) groups excluding carboxylic acids is 2. The van der Waals surface area contributed by atoms with Crippen LogP contribution in [-0.2, 0) is 12.8 Å². The molecular formula is C20H24N2O2S. The second-order valence-corrected chi connectivity index (χ2v) is 7.84. The van der Waals surface area contributed by atoms with Crippen molar-refractivity contribution >= 4 is 28.8 Å². The molecule has 1 N–H and O–H groups in total. The summed E-state index contributed by atoms with van der Waals surface area (Å²) in [5.74, 6) is -0.112. The van der Waals surface area contributed by atoms with E-state index in [0.29, 0.717) is 11.3 Å². The number of thiophene rings is 1. The molecule has 0 spiro atoms. The Morgan fingerprint density at radius 2 is 1.68 bits per heavy atom. The van der Waals surface area contributed by atoms with Crippen molar-refractivity contribution in [3.63, 3.8) is 0 Å². The van der Waals surface area contributed by atoms with E-state index in [9.17, 15) is 9.59 Å². The first-order valence-corrected chi connectivity index (χ1v) is 9.61. The highest BCUT2D eigenvalue weighted by molar-refractivity contribution is 7.14. The molecule has 2 aromatic rings. The minimum Gasteiger partial charge on any atom is -0.345 e. The van der Waals surface area contributed by atoms with Gasteiger partial charge in [0.2, 0.25) is 0 Å². The molecule has 0 radical (unpaired) electrons. The van der Waals surface area contributed by atoms with Crippen LogP contribution in [0.25, 0.3) is 0 Å². The molecule has 1 heterocycles. The lowest BCUT2D eigenvalue weighted by atomic mass is 10.00. The SMILES string of the molecule is CN(C)C(=O)c1ccc(NC(=O)c2cc3c(s2)CCCCCC3)cc1. The van der Waals surface area contributed by atoms with Gasteiger partial charge < -0.3 is 10.2 Å². The van der Waals surface area contributed by atoms with Gasteiger partial charge in [-0.25, -0.2) is 0 Å². The number of benzene rings is 1. The van der Waals surface area contributed by atoms with Crippen molar-refractivity contribution < 1.29 is 9.59 Å². The van der Waals surface area contributed by atoms with Gasteiger partial charge in [-0.05, 0) is 61.6 Å². The molecule has 1 aromatic carbocycles. The Balaban J connectivity index is 1.70. The van der Waals surface area contributed by atoms with Crippen LogP contribution in [0.1, 0.15) is 56.2 Å². The molecule has 0 bridgehead atoms. The maximum absolute atomic E-state index is 12.6.